The van der Waals surface area contributed by atoms with Gasteiger partial charge in [0.25, 0.3) is 0 Å². The van der Waals surface area contributed by atoms with Crippen molar-refractivity contribution in [1.82, 2.24) is 4.98 Å². The van der Waals surface area contributed by atoms with Crippen LogP contribution < -0.4 is 0 Å². The number of carboxylic acids is 1. The molecule has 0 aliphatic rings. The van der Waals surface area contributed by atoms with Crippen molar-refractivity contribution in [3.05, 3.63) is 16.1 Å². The molecule has 10 heavy (non-hydrogen) atoms. The van der Waals surface area contributed by atoms with E-state index in [0.717, 1.165) is 11.3 Å². The van der Waals surface area contributed by atoms with Gasteiger partial charge in [-0.15, -0.1) is 11.3 Å². The zero-order valence-electron chi connectivity index (χ0n) is 4.87. The summed E-state index contributed by atoms with van der Waals surface area (Å²) in [7, 11) is 0. The molecule has 5 heteroatoms. The van der Waals surface area contributed by atoms with Crippen molar-refractivity contribution in [2.24, 2.45) is 0 Å². The third-order valence-corrected chi connectivity index (χ3v) is 2.35. The quantitative estimate of drug-likeness (QED) is 0.775. The second-order valence-corrected chi connectivity index (χ2v) is 2.98. The summed E-state index contributed by atoms with van der Waals surface area (Å²) in [5, 5.41) is 9.03. The maximum absolute atomic E-state index is 10.4. The van der Waals surface area contributed by atoms with E-state index in [4.69, 9.17) is 5.11 Å². The second kappa shape index (κ2) is 3.12. The van der Waals surface area contributed by atoms with Crippen LogP contribution in [-0.4, -0.2) is 16.1 Å². The smallest absolute Gasteiger partial charge is 0.347 e. The zero-order chi connectivity index (χ0) is 7.56. The lowest BCUT2D eigenvalue weighted by molar-refractivity contribution is 0.0701. The maximum Gasteiger partial charge on any atom is 0.347 e. The van der Waals surface area contributed by atoms with E-state index in [1.165, 1.54) is 5.51 Å². The number of hydrogen-bond donors (Lipinski definition) is 1. The van der Waals surface area contributed by atoms with Gasteiger partial charge in [-0.3, -0.25) is 0 Å². The molecule has 0 unspecified atom stereocenters. The Morgan fingerprint density at radius 3 is 3.00 bits per heavy atom. The Morgan fingerprint density at radius 1 is 1.90 bits per heavy atom. The van der Waals surface area contributed by atoms with E-state index >= 15 is 0 Å². The van der Waals surface area contributed by atoms with Crippen LogP contribution >= 0.6 is 27.3 Å². The van der Waals surface area contributed by atoms with Crippen LogP contribution in [0.25, 0.3) is 0 Å². The number of halogens is 1. The molecule has 0 radical (unpaired) electrons. The Hall–Kier alpha value is -0.420. The van der Waals surface area contributed by atoms with Gasteiger partial charge in [0.05, 0.1) is 11.2 Å². The van der Waals surface area contributed by atoms with E-state index in [9.17, 15) is 4.79 Å². The first kappa shape index (κ1) is 7.68. The minimum absolute atomic E-state index is 0.317. The van der Waals surface area contributed by atoms with E-state index in [0.29, 0.717) is 15.9 Å². The fourth-order valence-electron chi connectivity index (χ4n) is 0.538. The Kier molecular flexibility index (Phi) is 2.39. The summed E-state index contributed by atoms with van der Waals surface area (Å²) in [6.07, 6.45) is 0. The molecule has 1 aromatic rings. The van der Waals surface area contributed by atoms with Crippen molar-refractivity contribution in [1.29, 1.82) is 0 Å². The van der Waals surface area contributed by atoms with E-state index in [1.807, 2.05) is 0 Å². The predicted molar refractivity (Wildman–Crippen MR) is 41.7 cm³/mol. The minimum Gasteiger partial charge on any atom is -0.477 e. The Bertz CT molecular complexity index is 248. The zero-order valence-corrected chi connectivity index (χ0v) is 7.28. The van der Waals surface area contributed by atoms with Crippen molar-refractivity contribution in [2.45, 2.75) is 5.33 Å². The lowest BCUT2D eigenvalue weighted by Gasteiger charge is -1.88. The lowest BCUT2D eigenvalue weighted by atomic mass is 10.4. The SMILES string of the molecule is O=C(O)c1scnc1CBr. The van der Waals surface area contributed by atoms with Crippen molar-refractivity contribution in [3.63, 3.8) is 0 Å². The number of aromatic carboxylic acids is 1. The summed E-state index contributed by atoms with van der Waals surface area (Å²) in [6, 6.07) is 0. The van der Waals surface area contributed by atoms with Crippen LogP contribution in [-0.2, 0) is 5.33 Å². The third-order valence-electron chi connectivity index (χ3n) is 0.962. The van der Waals surface area contributed by atoms with Gasteiger partial charge in [-0.05, 0) is 0 Å². The fourth-order valence-corrected chi connectivity index (χ4v) is 1.80. The molecule has 1 heterocycles. The van der Waals surface area contributed by atoms with Gasteiger partial charge in [0.15, 0.2) is 0 Å². The van der Waals surface area contributed by atoms with Crippen LogP contribution in [0.1, 0.15) is 15.4 Å². The van der Waals surface area contributed by atoms with Crippen LogP contribution in [0.3, 0.4) is 0 Å². The van der Waals surface area contributed by atoms with Crippen LogP contribution in [0.4, 0.5) is 0 Å². The highest BCUT2D eigenvalue weighted by Gasteiger charge is 2.10. The van der Waals surface area contributed by atoms with Crippen LogP contribution in [0.2, 0.25) is 0 Å². The Morgan fingerprint density at radius 2 is 2.60 bits per heavy atom. The van der Waals surface area contributed by atoms with Gasteiger partial charge in [0, 0.05) is 5.33 Å². The molecule has 0 aliphatic carbocycles. The minimum atomic E-state index is -0.906. The van der Waals surface area contributed by atoms with Crippen molar-refractivity contribution >= 4 is 33.2 Å². The number of carbonyl (C=O) groups is 1. The van der Waals surface area contributed by atoms with Crippen LogP contribution in [0.5, 0.6) is 0 Å². The molecular weight excluding hydrogens is 218 g/mol. The molecule has 0 saturated carbocycles. The van der Waals surface area contributed by atoms with Crippen LogP contribution in [0.15, 0.2) is 5.51 Å². The topological polar surface area (TPSA) is 50.2 Å². The molecular formula is C5H4BrNO2S. The summed E-state index contributed by atoms with van der Waals surface area (Å²) >= 11 is 4.28. The number of rotatable bonds is 2. The number of hydrogen-bond acceptors (Lipinski definition) is 3. The average molecular weight is 222 g/mol. The fraction of sp³-hybridized carbons (Fsp3) is 0.200. The van der Waals surface area contributed by atoms with E-state index in [-0.39, 0.29) is 0 Å². The van der Waals surface area contributed by atoms with Gasteiger partial charge in [-0.2, -0.15) is 0 Å². The first-order chi connectivity index (χ1) is 4.75. The summed E-state index contributed by atoms with van der Waals surface area (Å²) in [6.45, 7) is 0. The van der Waals surface area contributed by atoms with Gasteiger partial charge < -0.3 is 5.11 Å². The Labute approximate surface area is 69.8 Å². The highest BCUT2D eigenvalue weighted by Crippen LogP contribution is 2.15. The molecule has 1 N–H and O–H groups in total. The van der Waals surface area contributed by atoms with Crippen molar-refractivity contribution in [3.8, 4) is 0 Å². The highest BCUT2D eigenvalue weighted by atomic mass is 79.9. The molecule has 0 spiro atoms. The molecule has 0 fully saturated rings. The molecule has 1 aromatic heterocycles. The molecule has 0 amide bonds. The largest absolute Gasteiger partial charge is 0.477 e. The standard InChI is InChI=1S/C5H4BrNO2S/c6-1-3-4(5(8)9)10-2-7-3/h2H,1H2,(H,8,9). The van der Waals surface area contributed by atoms with Gasteiger partial charge in [-0.1, -0.05) is 15.9 Å². The monoisotopic (exact) mass is 221 g/mol. The summed E-state index contributed by atoms with van der Waals surface area (Å²) in [5.74, 6) is -0.906. The molecule has 0 atom stereocenters. The first-order valence-electron chi connectivity index (χ1n) is 2.47. The lowest BCUT2D eigenvalue weighted by Crippen LogP contribution is -1.96. The molecule has 0 saturated heterocycles. The van der Waals surface area contributed by atoms with Gasteiger partial charge in [0.2, 0.25) is 0 Å². The average Bonchev–Trinajstić information content (AvgIpc) is 2.33. The summed E-state index contributed by atoms with van der Waals surface area (Å²) in [4.78, 5) is 14.6. The number of alkyl halides is 1. The van der Waals surface area contributed by atoms with Crippen LogP contribution in [0, 0.1) is 0 Å². The number of nitrogens with zero attached hydrogens (tertiary/aromatic N) is 1. The molecule has 0 aliphatic heterocycles. The first-order valence-corrected chi connectivity index (χ1v) is 4.47. The summed E-state index contributed by atoms with van der Waals surface area (Å²) in [5.41, 5.74) is 2.12. The molecule has 0 bridgehead atoms. The number of aromatic nitrogens is 1. The van der Waals surface area contributed by atoms with E-state index < -0.39 is 5.97 Å². The highest BCUT2D eigenvalue weighted by molar-refractivity contribution is 9.08. The van der Waals surface area contributed by atoms with Gasteiger partial charge >= 0.3 is 5.97 Å². The Balaban J connectivity index is 3.01. The molecule has 54 valence electrons. The predicted octanol–water partition coefficient (Wildman–Crippen LogP) is 1.74. The van der Waals surface area contributed by atoms with E-state index in [1.54, 1.807) is 0 Å². The third kappa shape index (κ3) is 1.35. The van der Waals surface area contributed by atoms with E-state index in [2.05, 4.69) is 20.9 Å². The van der Waals surface area contributed by atoms with Crippen molar-refractivity contribution in [2.75, 3.05) is 0 Å². The number of thiazole rings is 1. The van der Waals surface area contributed by atoms with Crippen molar-refractivity contribution < 1.29 is 9.90 Å². The molecule has 0 aromatic carbocycles. The van der Waals surface area contributed by atoms with Gasteiger partial charge in [-0.25, -0.2) is 9.78 Å². The second-order valence-electron chi connectivity index (χ2n) is 1.57. The van der Waals surface area contributed by atoms with Gasteiger partial charge in [0.1, 0.15) is 4.88 Å². The number of carboxylic acid groups (broad SMARTS) is 1. The molecule has 3 nitrogen and oxygen atoms in total. The maximum atomic E-state index is 10.4. The normalized spacial score (nSPS) is 9.70. The molecule has 1 rings (SSSR count). The summed E-state index contributed by atoms with van der Waals surface area (Å²) < 4.78 is 0.